The fraction of sp³-hybridized carbons (Fsp3) is 0.280. The minimum atomic E-state index is -0.158. The molecule has 0 fully saturated rings. The van der Waals surface area contributed by atoms with Gasteiger partial charge in [0.1, 0.15) is 0 Å². The molecule has 2 aromatic carbocycles. The molecule has 7 nitrogen and oxygen atoms in total. The number of anilines is 3. The molecule has 178 valence electrons. The van der Waals surface area contributed by atoms with Crippen molar-refractivity contribution in [3.8, 4) is 0 Å². The first-order chi connectivity index (χ1) is 16.4. The molecule has 0 aliphatic rings. The summed E-state index contributed by atoms with van der Waals surface area (Å²) in [4.78, 5) is 40.1. The average Bonchev–Trinajstić information content (AvgIpc) is 3.25. The molecule has 0 radical (unpaired) electrons. The van der Waals surface area contributed by atoms with Gasteiger partial charge in [-0.1, -0.05) is 37.2 Å². The van der Waals surface area contributed by atoms with Crippen LogP contribution in [0.5, 0.6) is 0 Å². The normalized spacial score (nSPS) is 10.5. The molecule has 3 amide bonds. The third-order valence-electron chi connectivity index (χ3n) is 4.74. The number of hydrogen-bond donors (Lipinski definition) is 3. The Labute approximate surface area is 207 Å². The lowest BCUT2D eigenvalue weighted by Gasteiger charge is -2.06. The van der Waals surface area contributed by atoms with Crippen LogP contribution in [-0.2, 0) is 27.2 Å². The molecule has 3 aromatic rings. The number of thioether (sulfide) groups is 1. The van der Waals surface area contributed by atoms with Crippen molar-refractivity contribution >= 4 is 57.9 Å². The smallest absolute Gasteiger partial charge is 0.234 e. The molecule has 0 aliphatic heterocycles. The monoisotopic (exact) mass is 496 g/mol. The van der Waals surface area contributed by atoms with E-state index in [-0.39, 0.29) is 29.9 Å². The molecule has 3 rings (SSSR count). The molecule has 3 N–H and O–H groups in total. The number of thiazole rings is 1. The van der Waals surface area contributed by atoms with Gasteiger partial charge < -0.3 is 16.0 Å². The van der Waals surface area contributed by atoms with E-state index in [1.807, 2.05) is 29.6 Å². The third kappa shape index (κ3) is 8.64. The number of aromatic nitrogens is 1. The van der Waals surface area contributed by atoms with Crippen molar-refractivity contribution in [3.63, 3.8) is 0 Å². The van der Waals surface area contributed by atoms with E-state index in [1.165, 1.54) is 35.6 Å². The number of carbonyl (C=O) groups is 3. The van der Waals surface area contributed by atoms with E-state index < -0.39 is 0 Å². The van der Waals surface area contributed by atoms with E-state index >= 15 is 0 Å². The number of hydrogen-bond acceptors (Lipinski definition) is 6. The van der Waals surface area contributed by atoms with Gasteiger partial charge in [0.15, 0.2) is 4.34 Å². The van der Waals surface area contributed by atoms with Crippen molar-refractivity contribution in [1.82, 2.24) is 4.98 Å². The molecular weight excluding hydrogens is 468 g/mol. The van der Waals surface area contributed by atoms with E-state index in [4.69, 9.17) is 0 Å². The largest absolute Gasteiger partial charge is 0.326 e. The SMILES string of the molecule is CCCCc1ccc(NC(=O)Cc2csc(SCC(=O)Nc3ccc(NC(C)=O)cc3)n2)cc1. The van der Waals surface area contributed by atoms with E-state index in [9.17, 15) is 14.4 Å². The summed E-state index contributed by atoms with van der Waals surface area (Å²) in [6.07, 6.45) is 3.55. The van der Waals surface area contributed by atoms with Gasteiger partial charge in [-0.05, 0) is 54.8 Å². The predicted octanol–water partition coefficient (Wildman–Crippen LogP) is 5.36. The fourth-order valence-corrected chi connectivity index (χ4v) is 4.75. The summed E-state index contributed by atoms with van der Waals surface area (Å²) in [6.45, 7) is 3.61. The van der Waals surface area contributed by atoms with Crippen LogP contribution >= 0.6 is 23.1 Å². The van der Waals surface area contributed by atoms with Gasteiger partial charge in [0.25, 0.3) is 0 Å². The molecule has 0 saturated heterocycles. The predicted molar refractivity (Wildman–Crippen MR) is 140 cm³/mol. The molecule has 0 spiro atoms. The lowest BCUT2D eigenvalue weighted by Crippen LogP contribution is -2.15. The second-order valence-corrected chi connectivity index (χ2v) is 9.81. The van der Waals surface area contributed by atoms with Crippen molar-refractivity contribution in [3.05, 3.63) is 65.2 Å². The summed E-state index contributed by atoms with van der Waals surface area (Å²) in [5, 5.41) is 10.2. The summed E-state index contributed by atoms with van der Waals surface area (Å²) in [7, 11) is 0. The molecule has 0 atom stereocenters. The zero-order valence-corrected chi connectivity index (χ0v) is 20.9. The molecule has 1 heterocycles. The highest BCUT2D eigenvalue weighted by Crippen LogP contribution is 2.23. The summed E-state index contributed by atoms with van der Waals surface area (Å²) >= 11 is 2.74. The number of amides is 3. The van der Waals surface area contributed by atoms with Gasteiger partial charge in [-0.15, -0.1) is 11.3 Å². The van der Waals surface area contributed by atoms with Gasteiger partial charge in [-0.25, -0.2) is 4.98 Å². The van der Waals surface area contributed by atoms with Crippen LogP contribution in [0.25, 0.3) is 0 Å². The van der Waals surface area contributed by atoms with Gasteiger partial charge in [0.2, 0.25) is 17.7 Å². The highest BCUT2D eigenvalue weighted by molar-refractivity contribution is 8.01. The standard InChI is InChI=1S/C25H28N4O3S2/c1-3-4-5-18-6-8-20(9-7-18)27-23(31)14-22-15-33-25(29-22)34-16-24(32)28-21-12-10-19(11-13-21)26-17(2)30/h6-13,15H,3-5,14,16H2,1-2H3,(H,26,30)(H,27,31)(H,28,32). The topological polar surface area (TPSA) is 100 Å². The first kappa shape index (κ1) is 25.5. The highest BCUT2D eigenvalue weighted by atomic mass is 32.2. The molecule has 9 heteroatoms. The van der Waals surface area contributed by atoms with Gasteiger partial charge in [-0.3, -0.25) is 14.4 Å². The van der Waals surface area contributed by atoms with Crippen molar-refractivity contribution in [1.29, 1.82) is 0 Å². The Morgan fingerprint density at radius 3 is 2.09 bits per heavy atom. The molecule has 34 heavy (non-hydrogen) atoms. The van der Waals surface area contributed by atoms with Crippen LogP contribution in [0.1, 0.15) is 37.9 Å². The maximum atomic E-state index is 12.4. The number of benzene rings is 2. The number of nitrogens with one attached hydrogen (secondary N) is 3. The Hall–Kier alpha value is -3.17. The zero-order chi connectivity index (χ0) is 24.3. The Morgan fingerprint density at radius 2 is 1.47 bits per heavy atom. The lowest BCUT2D eigenvalue weighted by atomic mass is 10.1. The number of rotatable bonds is 11. The minimum absolute atomic E-state index is 0.122. The highest BCUT2D eigenvalue weighted by Gasteiger charge is 2.11. The second-order valence-electron chi connectivity index (χ2n) is 7.73. The van der Waals surface area contributed by atoms with Crippen molar-refractivity contribution in [2.45, 2.75) is 43.9 Å². The minimum Gasteiger partial charge on any atom is -0.326 e. The Bertz CT molecular complexity index is 1110. The van der Waals surface area contributed by atoms with Crippen LogP contribution in [0.3, 0.4) is 0 Å². The maximum absolute atomic E-state index is 12.4. The number of aryl methyl sites for hydroxylation is 1. The fourth-order valence-electron chi connectivity index (χ4n) is 3.11. The van der Waals surface area contributed by atoms with Crippen molar-refractivity contribution in [2.24, 2.45) is 0 Å². The van der Waals surface area contributed by atoms with E-state index in [1.54, 1.807) is 24.3 Å². The number of unbranched alkanes of at least 4 members (excludes halogenated alkanes) is 1. The van der Waals surface area contributed by atoms with Crippen LogP contribution in [0.15, 0.2) is 58.3 Å². The molecule has 0 aliphatic carbocycles. The Balaban J connectivity index is 1.41. The number of nitrogens with zero attached hydrogens (tertiary/aromatic N) is 1. The molecule has 0 bridgehead atoms. The van der Waals surface area contributed by atoms with E-state index in [0.29, 0.717) is 17.1 Å². The summed E-state index contributed by atoms with van der Waals surface area (Å²) < 4.78 is 0.735. The summed E-state index contributed by atoms with van der Waals surface area (Å²) in [6, 6.07) is 14.9. The summed E-state index contributed by atoms with van der Waals surface area (Å²) in [5.74, 6) is -0.223. The molecule has 1 aromatic heterocycles. The molecular formula is C25H28N4O3S2. The van der Waals surface area contributed by atoms with Crippen molar-refractivity contribution in [2.75, 3.05) is 21.7 Å². The lowest BCUT2D eigenvalue weighted by molar-refractivity contribution is -0.116. The van der Waals surface area contributed by atoms with Gasteiger partial charge in [-0.2, -0.15) is 0 Å². The van der Waals surface area contributed by atoms with E-state index in [2.05, 4.69) is 27.9 Å². The Kier molecular flexibility index (Phi) is 9.66. The molecule has 0 saturated carbocycles. The van der Waals surface area contributed by atoms with Crippen LogP contribution in [0.2, 0.25) is 0 Å². The first-order valence-electron chi connectivity index (χ1n) is 11.0. The second kappa shape index (κ2) is 12.9. The average molecular weight is 497 g/mol. The van der Waals surface area contributed by atoms with Crippen LogP contribution < -0.4 is 16.0 Å². The van der Waals surface area contributed by atoms with Gasteiger partial charge in [0.05, 0.1) is 17.9 Å². The first-order valence-corrected chi connectivity index (χ1v) is 12.9. The van der Waals surface area contributed by atoms with Gasteiger partial charge in [0, 0.05) is 29.4 Å². The number of carbonyl (C=O) groups excluding carboxylic acids is 3. The van der Waals surface area contributed by atoms with E-state index in [0.717, 1.165) is 29.3 Å². The third-order valence-corrected chi connectivity index (χ3v) is 6.81. The van der Waals surface area contributed by atoms with Crippen LogP contribution in [0, 0.1) is 0 Å². The Morgan fingerprint density at radius 1 is 0.882 bits per heavy atom. The quantitative estimate of drug-likeness (QED) is 0.311. The zero-order valence-electron chi connectivity index (χ0n) is 19.2. The van der Waals surface area contributed by atoms with Crippen LogP contribution in [0.4, 0.5) is 17.1 Å². The molecule has 0 unspecified atom stereocenters. The van der Waals surface area contributed by atoms with Crippen molar-refractivity contribution < 1.29 is 14.4 Å². The summed E-state index contributed by atoms with van der Waals surface area (Å²) in [5.41, 5.74) is 4.04. The van der Waals surface area contributed by atoms with Gasteiger partial charge >= 0.3 is 0 Å². The van der Waals surface area contributed by atoms with Crippen LogP contribution in [-0.4, -0.2) is 28.5 Å². The maximum Gasteiger partial charge on any atom is 0.234 e.